The first-order chi connectivity index (χ1) is 5.81. The largest absolute Gasteiger partial charge is 0.324 e. The Labute approximate surface area is 67.0 Å². The molecule has 2 rings (SSSR count). The Morgan fingerprint density at radius 3 is 3.08 bits per heavy atom. The van der Waals surface area contributed by atoms with Gasteiger partial charge in [0, 0.05) is 6.07 Å². The summed E-state index contributed by atoms with van der Waals surface area (Å²) < 4.78 is 1.47. The van der Waals surface area contributed by atoms with Crippen molar-refractivity contribution in [3.05, 3.63) is 28.3 Å². The molecule has 2 aromatic rings. The molecule has 0 aromatic carbocycles. The minimum Gasteiger partial charge on any atom is -0.324 e. The summed E-state index contributed by atoms with van der Waals surface area (Å²) in [5.41, 5.74) is 5.76. The fraction of sp³-hybridized carbons (Fsp3) is 0.167. The summed E-state index contributed by atoms with van der Waals surface area (Å²) >= 11 is 0. The number of rotatable bonds is 1. The molecule has 6 heteroatoms. The lowest BCUT2D eigenvalue weighted by molar-refractivity contribution is 0.795. The van der Waals surface area contributed by atoms with Crippen LogP contribution in [0.3, 0.4) is 0 Å². The van der Waals surface area contributed by atoms with Crippen LogP contribution in [0.2, 0.25) is 0 Å². The van der Waals surface area contributed by atoms with Gasteiger partial charge in [0.05, 0.1) is 6.54 Å². The van der Waals surface area contributed by atoms with Gasteiger partial charge < -0.3 is 5.73 Å². The normalized spacial score (nSPS) is 10.8. The minimum atomic E-state index is -0.197. The molecular weight excluding hydrogens is 158 g/mol. The van der Waals surface area contributed by atoms with Crippen molar-refractivity contribution in [2.75, 3.05) is 0 Å². The molecule has 6 nitrogen and oxygen atoms in total. The smallest absolute Gasteiger partial charge is 0.263 e. The Morgan fingerprint density at radius 1 is 1.50 bits per heavy atom. The summed E-state index contributed by atoms with van der Waals surface area (Å²) in [7, 11) is 0. The number of aromatic nitrogens is 4. The number of aromatic amines is 1. The van der Waals surface area contributed by atoms with Crippen molar-refractivity contribution in [3.63, 3.8) is 0 Å². The maximum atomic E-state index is 10.9. The fourth-order valence-corrected chi connectivity index (χ4v) is 0.990. The zero-order valence-electron chi connectivity index (χ0n) is 6.19. The van der Waals surface area contributed by atoms with Crippen molar-refractivity contribution >= 4 is 5.65 Å². The van der Waals surface area contributed by atoms with Gasteiger partial charge in [-0.1, -0.05) is 0 Å². The average Bonchev–Trinajstić information content (AvgIpc) is 2.46. The van der Waals surface area contributed by atoms with Crippen LogP contribution < -0.4 is 11.3 Å². The first kappa shape index (κ1) is 6.99. The van der Waals surface area contributed by atoms with Gasteiger partial charge in [-0.15, -0.1) is 10.2 Å². The van der Waals surface area contributed by atoms with Crippen LogP contribution in [0.4, 0.5) is 0 Å². The van der Waals surface area contributed by atoms with Crippen LogP contribution in [0.25, 0.3) is 5.65 Å². The van der Waals surface area contributed by atoms with Crippen molar-refractivity contribution in [2.45, 2.75) is 6.54 Å². The molecule has 62 valence electrons. The number of nitrogens with two attached hydrogens (primary N) is 1. The van der Waals surface area contributed by atoms with Crippen molar-refractivity contribution in [2.24, 2.45) is 5.73 Å². The van der Waals surface area contributed by atoms with Gasteiger partial charge in [-0.2, -0.15) is 0 Å². The molecule has 2 aromatic heterocycles. The Bertz CT molecular complexity index is 456. The SMILES string of the molecule is NCc1nnc2ccc(=O)[nH]n12. The van der Waals surface area contributed by atoms with Crippen LogP contribution in [0, 0.1) is 0 Å². The maximum Gasteiger partial charge on any atom is 0.263 e. The lowest BCUT2D eigenvalue weighted by atomic mass is 10.5. The Morgan fingerprint density at radius 2 is 2.33 bits per heavy atom. The average molecular weight is 165 g/mol. The van der Waals surface area contributed by atoms with E-state index in [0.29, 0.717) is 11.5 Å². The molecule has 0 bridgehead atoms. The predicted molar refractivity (Wildman–Crippen MR) is 41.5 cm³/mol. The number of hydrogen-bond acceptors (Lipinski definition) is 4. The van der Waals surface area contributed by atoms with Crippen LogP contribution in [-0.4, -0.2) is 19.8 Å². The van der Waals surface area contributed by atoms with E-state index in [9.17, 15) is 4.79 Å². The topological polar surface area (TPSA) is 89.1 Å². The number of H-pyrrole nitrogens is 1. The summed E-state index contributed by atoms with van der Waals surface area (Å²) in [6.07, 6.45) is 0. The van der Waals surface area contributed by atoms with E-state index in [-0.39, 0.29) is 12.1 Å². The van der Waals surface area contributed by atoms with Crippen molar-refractivity contribution in [3.8, 4) is 0 Å². The summed E-state index contributed by atoms with van der Waals surface area (Å²) in [6.45, 7) is 0.251. The van der Waals surface area contributed by atoms with Gasteiger partial charge in [-0.3, -0.25) is 9.89 Å². The second kappa shape index (κ2) is 2.42. The molecule has 0 unspecified atom stereocenters. The molecule has 12 heavy (non-hydrogen) atoms. The monoisotopic (exact) mass is 165 g/mol. The molecule has 0 spiro atoms. The van der Waals surface area contributed by atoms with Gasteiger partial charge in [-0.25, -0.2) is 4.52 Å². The molecular formula is C6H7N5O. The summed E-state index contributed by atoms with van der Waals surface area (Å²) in [6, 6.07) is 2.98. The standard InChI is InChI=1S/C6H7N5O/c7-3-5-9-8-4-1-2-6(12)10-11(4)5/h1-2H,3,7H2,(H,10,12). The summed E-state index contributed by atoms with van der Waals surface area (Å²) in [5.74, 6) is 0.544. The van der Waals surface area contributed by atoms with Crippen LogP contribution >= 0.6 is 0 Å². The Kier molecular flexibility index (Phi) is 1.41. The first-order valence-corrected chi connectivity index (χ1v) is 3.44. The number of hydrogen-bond donors (Lipinski definition) is 2. The zero-order chi connectivity index (χ0) is 8.55. The first-order valence-electron chi connectivity index (χ1n) is 3.44. The second-order valence-corrected chi connectivity index (χ2v) is 2.32. The van der Waals surface area contributed by atoms with Crippen LogP contribution in [0.15, 0.2) is 16.9 Å². The second-order valence-electron chi connectivity index (χ2n) is 2.32. The molecule has 0 aliphatic carbocycles. The van der Waals surface area contributed by atoms with Crippen molar-refractivity contribution < 1.29 is 0 Å². The fourth-order valence-electron chi connectivity index (χ4n) is 0.990. The highest BCUT2D eigenvalue weighted by Crippen LogP contribution is 1.95. The molecule has 0 aliphatic heterocycles. The third-order valence-electron chi connectivity index (χ3n) is 1.54. The summed E-state index contributed by atoms with van der Waals surface area (Å²) in [4.78, 5) is 10.9. The molecule has 0 radical (unpaired) electrons. The van der Waals surface area contributed by atoms with E-state index >= 15 is 0 Å². The van der Waals surface area contributed by atoms with Crippen molar-refractivity contribution in [1.29, 1.82) is 0 Å². The van der Waals surface area contributed by atoms with E-state index in [1.807, 2.05) is 0 Å². The quantitative estimate of drug-likeness (QED) is 0.560. The van der Waals surface area contributed by atoms with Gasteiger partial charge in [0.2, 0.25) is 0 Å². The van der Waals surface area contributed by atoms with Crippen LogP contribution in [0.5, 0.6) is 0 Å². The van der Waals surface area contributed by atoms with Gasteiger partial charge in [0.1, 0.15) is 0 Å². The third-order valence-corrected chi connectivity index (χ3v) is 1.54. The van der Waals surface area contributed by atoms with E-state index in [1.165, 1.54) is 10.6 Å². The highest BCUT2D eigenvalue weighted by atomic mass is 16.1. The molecule has 3 N–H and O–H groups in total. The van der Waals surface area contributed by atoms with E-state index in [4.69, 9.17) is 5.73 Å². The third kappa shape index (κ3) is 0.892. The number of nitrogens with zero attached hydrogens (tertiary/aromatic N) is 3. The predicted octanol–water partition coefficient (Wildman–Crippen LogP) is -1.12. The minimum absolute atomic E-state index is 0.197. The van der Waals surface area contributed by atoms with Gasteiger partial charge in [0.15, 0.2) is 11.5 Å². The molecule has 0 fully saturated rings. The zero-order valence-corrected chi connectivity index (χ0v) is 6.19. The molecule has 0 aliphatic rings. The van der Waals surface area contributed by atoms with E-state index in [0.717, 1.165) is 0 Å². The number of nitrogens with one attached hydrogen (secondary N) is 1. The lowest BCUT2D eigenvalue weighted by Gasteiger charge is -1.93. The van der Waals surface area contributed by atoms with Crippen LogP contribution in [-0.2, 0) is 6.54 Å². The van der Waals surface area contributed by atoms with E-state index in [2.05, 4.69) is 15.3 Å². The Balaban J connectivity index is 2.84. The molecule has 0 saturated heterocycles. The molecule has 0 saturated carbocycles. The van der Waals surface area contributed by atoms with E-state index < -0.39 is 0 Å². The van der Waals surface area contributed by atoms with Crippen LogP contribution in [0.1, 0.15) is 5.82 Å². The highest BCUT2D eigenvalue weighted by Gasteiger charge is 2.01. The van der Waals surface area contributed by atoms with Gasteiger partial charge in [-0.05, 0) is 6.07 Å². The molecule has 0 amide bonds. The number of fused-ring (bicyclic) bond motifs is 1. The molecule has 0 atom stereocenters. The highest BCUT2D eigenvalue weighted by molar-refractivity contribution is 5.34. The van der Waals surface area contributed by atoms with Gasteiger partial charge >= 0.3 is 0 Å². The van der Waals surface area contributed by atoms with Gasteiger partial charge in [0.25, 0.3) is 5.56 Å². The maximum absolute atomic E-state index is 10.9. The van der Waals surface area contributed by atoms with E-state index in [1.54, 1.807) is 6.07 Å². The molecule has 2 heterocycles. The summed E-state index contributed by atoms with van der Waals surface area (Å²) in [5, 5.41) is 10.1. The lowest BCUT2D eigenvalue weighted by Crippen LogP contribution is -2.12. The Hall–Kier alpha value is -1.69. The van der Waals surface area contributed by atoms with Crippen molar-refractivity contribution in [1.82, 2.24) is 19.8 Å².